The number of nitrogens with one attached hydrogen (secondary N) is 1. The number of pyridine rings is 1. The van der Waals surface area contributed by atoms with Crippen LogP contribution in [0.4, 0.5) is 10.2 Å². The Bertz CT molecular complexity index is 589. The number of rotatable bonds is 5. The van der Waals surface area contributed by atoms with Crippen LogP contribution in [0, 0.1) is 5.82 Å². The van der Waals surface area contributed by atoms with E-state index in [0.717, 1.165) is 24.1 Å². The number of nitrogens with zero attached hydrogens (tertiary/aromatic N) is 1. The molecule has 1 heterocycles. The van der Waals surface area contributed by atoms with Gasteiger partial charge < -0.3 is 11.1 Å². The van der Waals surface area contributed by atoms with Gasteiger partial charge in [0, 0.05) is 11.8 Å². The Balaban J connectivity index is 2.41. The minimum Gasteiger partial charge on any atom is -0.383 e. The Labute approximate surface area is 123 Å². The maximum Gasteiger partial charge on any atom is 0.141 e. The molecule has 0 aliphatic carbocycles. The molecule has 0 radical (unpaired) electrons. The third kappa shape index (κ3) is 3.26. The van der Waals surface area contributed by atoms with E-state index in [1.165, 1.54) is 6.07 Å². The number of aromatic nitrogens is 1. The molecule has 0 fully saturated rings. The van der Waals surface area contributed by atoms with Crippen molar-refractivity contribution in [1.82, 2.24) is 10.3 Å². The summed E-state index contributed by atoms with van der Waals surface area (Å²) in [5.74, 6) is 0.0327. The molecule has 1 aromatic carbocycles. The second-order valence-electron chi connectivity index (χ2n) is 4.54. The first-order valence-electron chi connectivity index (χ1n) is 6.52. The van der Waals surface area contributed by atoms with Gasteiger partial charge in [0.05, 0.1) is 11.1 Å². The van der Waals surface area contributed by atoms with Gasteiger partial charge in [-0.15, -0.1) is 0 Å². The lowest BCUT2D eigenvalue weighted by atomic mass is 9.99. The van der Waals surface area contributed by atoms with Crippen LogP contribution < -0.4 is 11.1 Å². The Hall–Kier alpha value is -1.65. The molecule has 2 aromatic rings. The summed E-state index contributed by atoms with van der Waals surface area (Å²) in [7, 11) is 0. The fraction of sp³-hybridized carbons (Fsp3) is 0.267. The van der Waals surface area contributed by atoms with Gasteiger partial charge in [0.15, 0.2) is 0 Å². The minimum absolute atomic E-state index is 0.105. The van der Waals surface area contributed by atoms with Gasteiger partial charge >= 0.3 is 0 Å². The summed E-state index contributed by atoms with van der Waals surface area (Å²) in [5, 5.41) is 3.49. The van der Waals surface area contributed by atoms with Crippen molar-refractivity contribution in [3.63, 3.8) is 0 Å². The molecule has 0 saturated heterocycles. The molecular formula is C15H17ClFN3. The predicted molar refractivity (Wildman–Crippen MR) is 80.2 cm³/mol. The first-order chi connectivity index (χ1) is 9.63. The highest BCUT2D eigenvalue weighted by molar-refractivity contribution is 6.30. The monoisotopic (exact) mass is 293 g/mol. The number of nitrogens with two attached hydrogens (primary N) is 1. The molecular weight excluding hydrogens is 277 g/mol. The Morgan fingerprint density at radius 3 is 2.85 bits per heavy atom. The molecule has 0 spiro atoms. The van der Waals surface area contributed by atoms with Crippen LogP contribution in [0.3, 0.4) is 0 Å². The fourth-order valence-electron chi connectivity index (χ4n) is 2.06. The molecule has 0 saturated carbocycles. The quantitative estimate of drug-likeness (QED) is 0.886. The lowest BCUT2D eigenvalue weighted by Gasteiger charge is -2.21. The fourth-order valence-corrected chi connectivity index (χ4v) is 2.25. The van der Waals surface area contributed by atoms with Gasteiger partial charge in [0.25, 0.3) is 0 Å². The molecule has 2 rings (SSSR count). The van der Waals surface area contributed by atoms with Crippen LogP contribution in [-0.2, 0) is 0 Å². The molecule has 0 amide bonds. The average Bonchev–Trinajstić information content (AvgIpc) is 2.44. The van der Waals surface area contributed by atoms with E-state index in [1.807, 2.05) is 12.1 Å². The van der Waals surface area contributed by atoms with E-state index in [0.29, 0.717) is 5.82 Å². The molecule has 5 heteroatoms. The molecule has 0 aliphatic heterocycles. The van der Waals surface area contributed by atoms with Crippen molar-refractivity contribution < 1.29 is 4.39 Å². The highest BCUT2D eigenvalue weighted by atomic mass is 35.5. The zero-order chi connectivity index (χ0) is 14.5. The molecule has 0 aliphatic rings. The highest BCUT2D eigenvalue weighted by Gasteiger charge is 2.17. The Morgan fingerprint density at radius 1 is 1.40 bits per heavy atom. The topological polar surface area (TPSA) is 50.9 Å². The maximum atomic E-state index is 13.3. The third-order valence-corrected chi connectivity index (χ3v) is 3.35. The largest absolute Gasteiger partial charge is 0.383 e. The summed E-state index contributed by atoms with van der Waals surface area (Å²) >= 11 is 5.87. The maximum absolute atomic E-state index is 13.3. The summed E-state index contributed by atoms with van der Waals surface area (Å²) in [6, 6.07) is 8.29. The van der Waals surface area contributed by atoms with E-state index >= 15 is 0 Å². The predicted octanol–water partition coefficient (Wildman–Crippen LogP) is 3.55. The summed E-state index contributed by atoms with van der Waals surface area (Å²) in [6.45, 7) is 2.89. The van der Waals surface area contributed by atoms with Crippen LogP contribution in [0.5, 0.6) is 0 Å². The van der Waals surface area contributed by atoms with Gasteiger partial charge in [-0.3, -0.25) is 0 Å². The van der Waals surface area contributed by atoms with E-state index < -0.39 is 5.82 Å². The minimum atomic E-state index is -0.427. The van der Waals surface area contributed by atoms with Crippen LogP contribution in [0.1, 0.15) is 30.5 Å². The van der Waals surface area contributed by atoms with Crippen LogP contribution in [-0.4, -0.2) is 11.5 Å². The van der Waals surface area contributed by atoms with E-state index in [2.05, 4.69) is 17.2 Å². The van der Waals surface area contributed by atoms with Crippen LogP contribution >= 0.6 is 11.6 Å². The molecule has 106 valence electrons. The van der Waals surface area contributed by atoms with Gasteiger partial charge in [-0.05, 0) is 36.7 Å². The zero-order valence-corrected chi connectivity index (χ0v) is 12.0. The zero-order valence-electron chi connectivity index (χ0n) is 11.2. The smallest absolute Gasteiger partial charge is 0.141 e. The highest BCUT2D eigenvalue weighted by Crippen LogP contribution is 2.28. The SMILES string of the molecule is CCCNC(c1ccc(F)c(Cl)c1)c1cccnc1N. The number of benzene rings is 1. The average molecular weight is 294 g/mol. The number of halogens is 2. The molecule has 20 heavy (non-hydrogen) atoms. The molecule has 3 N–H and O–H groups in total. The summed E-state index contributed by atoms with van der Waals surface area (Å²) in [5.41, 5.74) is 7.67. The standard InChI is InChI=1S/C15H17ClFN3/c1-2-7-19-14(11-4-3-8-20-15(11)18)10-5-6-13(17)12(16)9-10/h3-6,8-9,14,19H,2,7H2,1H3,(H2,18,20). The first kappa shape index (κ1) is 14.8. The normalized spacial score (nSPS) is 12.3. The van der Waals surface area contributed by atoms with Gasteiger partial charge in [0.1, 0.15) is 11.6 Å². The van der Waals surface area contributed by atoms with Crippen LogP contribution in [0.25, 0.3) is 0 Å². The van der Waals surface area contributed by atoms with Crippen molar-refractivity contribution >= 4 is 17.4 Å². The number of hydrogen-bond acceptors (Lipinski definition) is 3. The third-order valence-electron chi connectivity index (χ3n) is 3.06. The summed E-state index contributed by atoms with van der Waals surface area (Å²) < 4.78 is 13.3. The van der Waals surface area contributed by atoms with Crippen molar-refractivity contribution in [2.45, 2.75) is 19.4 Å². The van der Waals surface area contributed by atoms with Gasteiger partial charge in [-0.1, -0.05) is 30.7 Å². The molecule has 0 bridgehead atoms. The van der Waals surface area contributed by atoms with Crippen LogP contribution in [0.2, 0.25) is 5.02 Å². The van der Waals surface area contributed by atoms with E-state index in [4.69, 9.17) is 17.3 Å². The van der Waals surface area contributed by atoms with Crippen molar-refractivity contribution in [1.29, 1.82) is 0 Å². The van der Waals surface area contributed by atoms with Crippen molar-refractivity contribution in [3.8, 4) is 0 Å². The molecule has 1 aromatic heterocycles. The van der Waals surface area contributed by atoms with E-state index in [-0.39, 0.29) is 11.1 Å². The van der Waals surface area contributed by atoms with E-state index in [1.54, 1.807) is 18.3 Å². The second kappa shape index (κ2) is 6.68. The van der Waals surface area contributed by atoms with Crippen molar-refractivity contribution in [2.24, 2.45) is 0 Å². The summed E-state index contributed by atoms with van der Waals surface area (Å²) in [4.78, 5) is 4.10. The number of anilines is 1. The van der Waals surface area contributed by atoms with Crippen molar-refractivity contribution in [2.75, 3.05) is 12.3 Å². The number of hydrogen-bond donors (Lipinski definition) is 2. The van der Waals surface area contributed by atoms with Gasteiger partial charge in [-0.2, -0.15) is 0 Å². The lowest BCUT2D eigenvalue weighted by molar-refractivity contribution is 0.593. The summed E-state index contributed by atoms with van der Waals surface area (Å²) in [6.07, 6.45) is 2.62. The molecule has 1 unspecified atom stereocenters. The van der Waals surface area contributed by atoms with Gasteiger partial charge in [-0.25, -0.2) is 9.37 Å². The Morgan fingerprint density at radius 2 is 2.20 bits per heavy atom. The van der Waals surface area contributed by atoms with Gasteiger partial charge in [0.2, 0.25) is 0 Å². The number of nitrogen functional groups attached to an aromatic ring is 1. The first-order valence-corrected chi connectivity index (χ1v) is 6.90. The second-order valence-corrected chi connectivity index (χ2v) is 4.95. The van der Waals surface area contributed by atoms with Crippen molar-refractivity contribution in [3.05, 3.63) is 58.5 Å². The van der Waals surface area contributed by atoms with E-state index in [9.17, 15) is 4.39 Å². The molecule has 3 nitrogen and oxygen atoms in total. The lowest BCUT2D eigenvalue weighted by Crippen LogP contribution is -2.24. The Kier molecular flexibility index (Phi) is 4.93. The molecule has 1 atom stereocenters. The van der Waals surface area contributed by atoms with Crippen LogP contribution in [0.15, 0.2) is 36.5 Å².